The maximum Gasteiger partial charge on any atom is 0.319 e. The number of amides is 1. The molecule has 0 saturated heterocycles. The molecule has 2 N–H and O–H groups in total. The van der Waals surface area contributed by atoms with Crippen molar-refractivity contribution in [3.63, 3.8) is 0 Å². The van der Waals surface area contributed by atoms with Gasteiger partial charge in [-0.05, 0) is 31.9 Å². The van der Waals surface area contributed by atoms with Gasteiger partial charge in [0, 0.05) is 11.3 Å². The first kappa shape index (κ1) is 15.3. The first-order valence-corrected chi connectivity index (χ1v) is 7.75. The first-order chi connectivity index (χ1) is 8.46. The summed E-state index contributed by atoms with van der Waals surface area (Å²) in [5, 5.41) is 12.0. The second-order valence-electron chi connectivity index (χ2n) is 5.02. The van der Waals surface area contributed by atoms with Crippen molar-refractivity contribution < 1.29 is 14.7 Å². The fraction of sp³-hybridized carbons (Fsp3) is 0.846. The van der Waals surface area contributed by atoms with E-state index >= 15 is 0 Å². The molecule has 1 aliphatic carbocycles. The fourth-order valence-electron chi connectivity index (χ4n) is 2.34. The second-order valence-corrected chi connectivity index (χ2v) is 6.29. The van der Waals surface area contributed by atoms with Gasteiger partial charge in [-0.15, -0.1) is 0 Å². The number of carboxylic acid groups (broad SMARTS) is 1. The Morgan fingerprint density at radius 2 is 1.89 bits per heavy atom. The smallest absolute Gasteiger partial charge is 0.319 e. The third-order valence-electron chi connectivity index (χ3n) is 4.34. The molecule has 0 aromatic rings. The molecule has 1 aliphatic rings. The lowest BCUT2D eigenvalue weighted by Gasteiger charge is -2.37. The molecule has 104 valence electrons. The van der Waals surface area contributed by atoms with E-state index in [1.54, 1.807) is 11.8 Å². The molecule has 0 aromatic heterocycles. The highest BCUT2D eigenvalue weighted by Gasteiger charge is 2.51. The summed E-state index contributed by atoms with van der Waals surface area (Å²) in [6.07, 6.45) is 5.73. The lowest BCUT2D eigenvalue weighted by Crippen LogP contribution is -2.53. The highest BCUT2D eigenvalue weighted by Crippen LogP contribution is 2.41. The highest BCUT2D eigenvalue weighted by molar-refractivity contribution is 8.00. The molecule has 1 fully saturated rings. The van der Waals surface area contributed by atoms with Crippen LogP contribution in [0.2, 0.25) is 0 Å². The van der Waals surface area contributed by atoms with E-state index in [1.165, 1.54) is 0 Å². The van der Waals surface area contributed by atoms with Crippen molar-refractivity contribution >= 4 is 23.6 Å². The monoisotopic (exact) mass is 273 g/mol. The molecular weight excluding hydrogens is 250 g/mol. The predicted octanol–water partition coefficient (Wildman–Crippen LogP) is 2.28. The van der Waals surface area contributed by atoms with E-state index in [0.29, 0.717) is 19.4 Å². The molecule has 5 heteroatoms. The number of carbonyl (C=O) groups excluding carboxylic acids is 1. The minimum Gasteiger partial charge on any atom is -0.480 e. The standard InChI is InChI=1S/C13H23NO3S/c1-4-12(5-2,18-3)9-14-10(15)13(11(16)17)7-6-8-13/h4-9H2,1-3H3,(H,14,15)(H,16,17). The fourth-order valence-corrected chi connectivity index (χ4v) is 3.13. The largest absolute Gasteiger partial charge is 0.480 e. The average molecular weight is 273 g/mol. The van der Waals surface area contributed by atoms with E-state index in [0.717, 1.165) is 19.3 Å². The Kier molecular flexibility index (Phi) is 5.08. The van der Waals surface area contributed by atoms with Crippen LogP contribution in [0.15, 0.2) is 0 Å². The summed E-state index contributed by atoms with van der Waals surface area (Å²) in [6, 6.07) is 0. The Bertz CT molecular complexity index is 314. The average Bonchev–Trinajstić information content (AvgIpc) is 2.29. The number of carboxylic acids is 1. The van der Waals surface area contributed by atoms with Crippen LogP contribution in [0.4, 0.5) is 0 Å². The molecule has 0 aliphatic heterocycles. The zero-order valence-corrected chi connectivity index (χ0v) is 12.2. The van der Waals surface area contributed by atoms with Gasteiger partial charge in [0.05, 0.1) is 0 Å². The van der Waals surface area contributed by atoms with E-state index in [2.05, 4.69) is 19.2 Å². The van der Waals surface area contributed by atoms with Crippen LogP contribution in [0.5, 0.6) is 0 Å². The van der Waals surface area contributed by atoms with E-state index in [9.17, 15) is 14.7 Å². The van der Waals surface area contributed by atoms with Gasteiger partial charge < -0.3 is 10.4 Å². The van der Waals surface area contributed by atoms with Gasteiger partial charge in [0.25, 0.3) is 0 Å². The SMILES string of the molecule is CCC(CC)(CNC(=O)C1(C(=O)O)CCC1)SC. The molecule has 1 saturated carbocycles. The Morgan fingerprint density at radius 3 is 2.17 bits per heavy atom. The molecule has 18 heavy (non-hydrogen) atoms. The lowest BCUT2D eigenvalue weighted by molar-refractivity contribution is -0.162. The third kappa shape index (κ3) is 2.66. The van der Waals surface area contributed by atoms with Crippen LogP contribution in [-0.4, -0.2) is 34.5 Å². The molecule has 1 rings (SSSR count). The number of carbonyl (C=O) groups is 2. The lowest BCUT2D eigenvalue weighted by atomic mass is 9.68. The molecule has 0 aromatic carbocycles. The number of hydrogen-bond acceptors (Lipinski definition) is 3. The molecule has 0 atom stereocenters. The minimum atomic E-state index is -1.15. The molecule has 0 radical (unpaired) electrons. The van der Waals surface area contributed by atoms with E-state index in [4.69, 9.17) is 0 Å². The van der Waals surface area contributed by atoms with Crippen molar-refractivity contribution in [2.45, 2.75) is 50.7 Å². The van der Waals surface area contributed by atoms with E-state index in [-0.39, 0.29) is 10.7 Å². The van der Waals surface area contributed by atoms with Gasteiger partial charge in [0.2, 0.25) is 5.91 Å². The van der Waals surface area contributed by atoms with Gasteiger partial charge in [-0.1, -0.05) is 20.3 Å². The van der Waals surface area contributed by atoms with Gasteiger partial charge >= 0.3 is 5.97 Å². The zero-order chi connectivity index (χ0) is 13.8. The Morgan fingerprint density at radius 1 is 1.33 bits per heavy atom. The zero-order valence-electron chi connectivity index (χ0n) is 11.4. The van der Waals surface area contributed by atoms with Crippen molar-refractivity contribution in [2.24, 2.45) is 5.41 Å². The highest BCUT2D eigenvalue weighted by atomic mass is 32.2. The summed E-state index contributed by atoms with van der Waals surface area (Å²) in [4.78, 5) is 23.3. The number of aliphatic carboxylic acids is 1. The van der Waals surface area contributed by atoms with E-state index < -0.39 is 11.4 Å². The predicted molar refractivity (Wildman–Crippen MR) is 73.8 cm³/mol. The van der Waals surface area contributed by atoms with Crippen LogP contribution in [0, 0.1) is 5.41 Å². The van der Waals surface area contributed by atoms with Crippen LogP contribution in [0.25, 0.3) is 0 Å². The quantitative estimate of drug-likeness (QED) is 0.698. The Hall–Kier alpha value is -0.710. The van der Waals surface area contributed by atoms with Gasteiger partial charge in [-0.3, -0.25) is 9.59 Å². The van der Waals surface area contributed by atoms with Crippen LogP contribution in [0.3, 0.4) is 0 Å². The topological polar surface area (TPSA) is 66.4 Å². The summed E-state index contributed by atoms with van der Waals surface area (Å²) in [5.74, 6) is -1.28. The van der Waals surface area contributed by atoms with Gasteiger partial charge in [-0.25, -0.2) is 0 Å². The number of rotatable bonds is 7. The van der Waals surface area contributed by atoms with E-state index in [1.807, 2.05) is 6.26 Å². The summed E-state index contributed by atoms with van der Waals surface area (Å²) >= 11 is 1.74. The van der Waals surface area contributed by atoms with Crippen LogP contribution in [0.1, 0.15) is 46.0 Å². The minimum absolute atomic E-state index is 0.0269. The van der Waals surface area contributed by atoms with Crippen molar-refractivity contribution in [2.75, 3.05) is 12.8 Å². The van der Waals surface area contributed by atoms with Gasteiger partial charge in [-0.2, -0.15) is 11.8 Å². The van der Waals surface area contributed by atoms with Crippen molar-refractivity contribution in [3.05, 3.63) is 0 Å². The maximum atomic E-state index is 12.1. The molecular formula is C13H23NO3S. The molecule has 0 bridgehead atoms. The van der Waals surface area contributed by atoms with Crippen LogP contribution >= 0.6 is 11.8 Å². The van der Waals surface area contributed by atoms with Gasteiger partial charge in [0.15, 0.2) is 0 Å². The molecule has 1 amide bonds. The molecule has 4 nitrogen and oxygen atoms in total. The third-order valence-corrected chi connectivity index (χ3v) is 5.93. The normalized spacial score (nSPS) is 17.9. The second kappa shape index (κ2) is 5.95. The summed E-state index contributed by atoms with van der Waals surface area (Å²) in [5.41, 5.74) is -1.15. The van der Waals surface area contributed by atoms with Crippen LogP contribution in [-0.2, 0) is 9.59 Å². The van der Waals surface area contributed by atoms with Crippen molar-refractivity contribution in [1.29, 1.82) is 0 Å². The summed E-state index contributed by atoms with van der Waals surface area (Å²) < 4.78 is 0.0269. The van der Waals surface area contributed by atoms with Crippen molar-refractivity contribution in [1.82, 2.24) is 5.32 Å². The van der Waals surface area contributed by atoms with Gasteiger partial charge in [0.1, 0.15) is 5.41 Å². The molecule has 0 heterocycles. The Labute approximate surface area is 113 Å². The molecule has 0 unspecified atom stereocenters. The first-order valence-electron chi connectivity index (χ1n) is 6.53. The number of nitrogens with one attached hydrogen (secondary N) is 1. The maximum absolute atomic E-state index is 12.1. The van der Waals surface area contributed by atoms with Crippen LogP contribution < -0.4 is 5.32 Å². The number of hydrogen-bond donors (Lipinski definition) is 2. The number of thioether (sulfide) groups is 1. The Balaban J connectivity index is 2.63. The summed E-state index contributed by atoms with van der Waals surface area (Å²) in [7, 11) is 0. The van der Waals surface area contributed by atoms with Crippen molar-refractivity contribution in [3.8, 4) is 0 Å². The molecule has 0 spiro atoms. The summed E-state index contributed by atoms with van der Waals surface area (Å²) in [6.45, 7) is 4.75.